The second-order valence-electron chi connectivity index (χ2n) is 5.78. The Kier molecular flexibility index (Phi) is 4.94. The number of thiazole rings is 1. The van der Waals surface area contributed by atoms with Crippen LogP contribution in [0.4, 0.5) is 0 Å². The molecule has 0 aliphatic carbocycles. The number of aliphatic hydroxyl groups is 1. The van der Waals surface area contributed by atoms with Crippen molar-refractivity contribution in [3.8, 4) is 11.3 Å². The van der Waals surface area contributed by atoms with Crippen molar-refractivity contribution in [1.82, 2.24) is 14.3 Å². The van der Waals surface area contributed by atoms with Crippen LogP contribution in [0, 0.1) is 0 Å². The Hall–Kier alpha value is -2.22. The Balaban J connectivity index is 1.85. The van der Waals surface area contributed by atoms with Crippen LogP contribution in [0.15, 0.2) is 41.9 Å². The van der Waals surface area contributed by atoms with Crippen LogP contribution in [0.25, 0.3) is 16.2 Å². The number of imidazole rings is 1. The largest absolute Gasteiger partial charge is 0.481 e. The summed E-state index contributed by atoms with van der Waals surface area (Å²) in [6, 6.07) is 9.97. The molecule has 2 heterocycles. The van der Waals surface area contributed by atoms with Crippen molar-refractivity contribution in [1.29, 1.82) is 0 Å². The van der Waals surface area contributed by atoms with Gasteiger partial charge in [-0.1, -0.05) is 30.3 Å². The first kappa shape index (κ1) is 16.6. The van der Waals surface area contributed by atoms with Crippen molar-refractivity contribution < 1.29 is 15.0 Å². The third-order valence-corrected chi connectivity index (χ3v) is 4.52. The fourth-order valence-electron chi connectivity index (χ4n) is 2.76. The first-order chi connectivity index (χ1) is 11.5. The van der Waals surface area contributed by atoms with Crippen LogP contribution in [0.2, 0.25) is 0 Å². The number of carbonyl (C=O) groups is 1. The molecule has 0 saturated carbocycles. The summed E-state index contributed by atoms with van der Waals surface area (Å²) in [7, 11) is 1.87. The predicted molar refractivity (Wildman–Crippen MR) is 93.1 cm³/mol. The number of fused-ring (bicyclic) bond motifs is 1. The molecular formula is C17H19N3O3S. The average molecular weight is 345 g/mol. The van der Waals surface area contributed by atoms with E-state index in [0.717, 1.165) is 21.9 Å². The molecule has 0 fully saturated rings. The van der Waals surface area contributed by atoms with Crippen LogP contribution in [0.5, 0.6) is 0 Å². The highest BCUT2D eigenvalue weighted by atomic mass is 32.1. The summed E-state index contributed by atoms with van der Waals surface area (Å²) in [5, 5.41) is 20.6. The van der Waals surface area contributed by atoms with E-state index in [-0.39, 0.29) is 13.0 Å². The van der Waals surface area contributed by atoms with E-state index >= 15 is 0 Å². The number of aromatic nitrogens is 2. The van der Waals surface area contributed by atoms with Crippen molar-refractivity contribution in [2.75, 3.05) is 13.6 Å². The minimum atomic E-state index is -0.995. The molecule has 0 aliphatic heterocycles. The Morgan fingerprint density at radius 3 is 2.83 bits per heavy atom. The van der Waals surface area contributed by atoms with Crippen molar-refractivity contribution in [3.05, 3.63) is 47.6 Å². The van der Waals surface area contributed by atoms with Gasteiger partial charge in [0, 0.05) is 30.2 Å². The summed E-state index contributed by atoms with van der Waals surface area (Å²) in [5.41, 5.74) is 2.99. The lowest BCUT2D eigenvalue weighted by atomic mass is 10.1. The van der Waals surface area contributed by atoms with Gasteiger partial charge < -0.3 is 10.2 Å². The average Bonchev–Trinajstić information content (AvgIpc) is 3.10. The van der Waals surface area contributed by atoms with E-state index in [1.807, 2.05) is 58.3 Å². The Labute approximate surface area is 143 Å². The van der Waals surface area contributed by atoms with Gasteiger partial charge in [-0.3, -0.25) is 14.1 Å². The third-order valence-electron chi connectivity index (χ3n) is 3.76. The van der Waals surface area contributed by atoms with Crippen molar-refractivity contribution in [3.63, 3.8) is 0 Å². The zero-order valence-electron chi connectivity index (χ0n) is 13.3. The number of aliphatic carboxylic acids is 1. The Morgan fingerprint density at radius 1 is 1.38 bits per heavy atom. The molecule has 1 atom stereocenters. The van der Waals surface area contributed by atoms with Crippen LogP contribution < -0.4 is 0 Å². The molecule has 1 aromatic carbocycles. The Morgan fingerprint density at radius 2 is 2.12 bits per heavy atom. The highest BCUT2D eigenvalue weighted by Gasteiger charge is 2.18. The number of likely N-dealkylation sites (N-methyl/N-ethyl adjacent to an activating group) is 1. The van der Waals surface area contributed by atoms with E-state index in [2.05, 4.69) is 0 Å². The second-order valence-corrected chi connectivity index (χ2v) is 6.65. The minimum absolute atomic E-state index is 0.254. The molecule has 24 heavy (non-hydrogen) atoms. The van der Waals surface area contributed by atoms with Crippen molar-refractivity contribution in [2.24, 2.45) is 0 Å². The number of hydrogen-bond acceptors (Lipinski definition) is 5. The molecule has 0 amide bonds. The number of carboxylic acid groups (broad SMARTS) is 1. The number of nitrogens with zero attached hydrogens (tertiary/aromatic N) is 3. The maximum atomic E-state index is 10.7. The summed E-state index contributed by atoms with van der Waals surface area (Å²) >= 11 is 1.57. The zero-order chi connectivity index (χ0) is 17.1. The summed E-state index contributed by atoms with van der Waals surface area (Å²) < 4.78 is 2.05. The van der Waals surface area contributed by atoms with Crippen LogP contribution in [-0.2, 0) is 11.3 Å². The number of benzene rings is 1. The van der Waals surface area contributed by atoms with Gasteiger partial charge in [-0.15, -0.1) is 11.3 Å². The number of aliphatic hydroxyl groups excluding tert-OH is 1. The maximum absolute atomic E-state index is 10.7. The molecule has 0 aliphatic rings. The first-order valence-electron chi connectivity index (χ1n) is 7.63. The molecule has 0 bridgehead atoms. The van der Waals surface area contributed by atoms with Gasteiger partial charge in [-0.05, 0) is 7.05 Å². The van der Waals surface area contributed by atoms with Crippen LogP contribution in [0.1, 0.15) is 12.1 Å². The molecule has 6 nitrogen and oxygen atoms in total. The molecule has 1 unspecified atom stereocenters. The first-order valence-corrected chi connectivity index (χ1v) is 8.51. The van der Waals surface area contributed by atoms with Gasteiger partial charge in [0.05, 0.1) is 23.9 Å². The second kappa shape index (κ2) is 7.12. The molecule has 0 spiro atoms. The van der Waals surface area contributed by atoms with Crippen LogP contribution in [0.3, 0.4) is 0 Å². The topological polar surface area (TPSA) is 78.1 Å². The summed E-state index contributed by atoms with van der Waals surface area (Å²) in [5.74, 6) is -0.995. The lowest BCUT2D eigenvalue weighted by Gasteiger charge is -2.20. The van der Waals surface area contributed by atoms with Crippen molar-refractivity contribution >= 4 is 22.3 Å². The lowest BCUT2D eigenvalue weighted by Crippen LogP contribution is -2.30. The predicted octanol–water partition coefficient (Wildman–Crippen LogP) is 2.33. The van der Waals surface area contributed by atoms with E-state index < -0.39 is 12.1 Å². The quantitative estimate of drug-likeness (QED) is 0.687. The van der Waals surface area contributed by atoms with Gasteiger partial charge in [0.1, 0.15) is 0 Å². The van der Waals surface area contributed by atoms with E-state index in [0.29, 0.717) is 6.54 Å². The molecule has 0 saturated heterocycles. The lowest BCUT2D eigenvalue weighted by molar-refractivity contribution is -0.139. The molecule has 2 N–H and O–H groups in total. The van der Waals surface area contributed by atoms with E-state index in [1.165, 1.54) is 0 Å². The molecule has 2 aromatic heterocycles. The number of carboxylic acids is 1. The standard InChI is InChI=1S/C17H19N3O3S/c1-19(10-13(21)9-15(22)23)11-14-16(12-5-3-2-4-6-12)18-17-20(14)7-8-24-17/h2-8,13,21H,9-11H2,1H3,(H,22,23). The van der Waals surface area contributed by atoms with E-state index in [4.69, 9.17) is 10.1 Å². The van der Waals surface area contributed by atoms with Crippen molar-refractivity contribution in [2.45, 2.75) is 19.1 Å². The fourth-order valence-corrected chi connectivity index (χ4v) is 3.49. The molecule has 126 valence electrons. The van der Waals surface area contributed by atoms with Crippen LogP contribution >= 0.6 is 11.3 Å². The monoisotopic (exact) mass is 345 g/mol. The van der Waals surface area contributed by atoms with E-state index in [9.17, 15) is 9.90 Å². The normalized spacial score (nSPS) is 12.8. The molecule has 7 heteroatoms. The summed E-state index contributed by atoms with van der Waals surface area (Å²) in [6.45, 7) is 0.858. The number of rotatable bonds is 7. The minimum Gasteiger partial charge on any atom is -0.481 e. The highest BCUT2D eigenvalue weighted by molar-refractivity contribution is 7.15. The number of hydrogen-bond donors (Lipinski definition) is 2. The fraction of sp³-hybridized carbons (Fsp3) is 0.294. The van der Waals surface area contributed by atoms with Gasteiger partial charge in [0.2, 0.25) is 0 Å². The molecular weight excluding hydrogens is 326 g/mol. The van der Waals surface area contributed by atoms with Gasteiger partial charge in [-0.25, -0.2) is 4.98 Å². The maximum Gasteiger partial charge on any atom is 0.306 e. The SMILES string of the molecule is CN(Cc1c(-c2ccccc2)nc2sccn12)CC(O)CC(=O)O. The van der Waals surface area contributed by atoms with Gasteiger partial charge in [-0.2, -0.15) is 0 Å². The molecule has 3 rings (SSSR count). The molecule has 3 aromatic rings. The third kappa shape index (κ3) is 3.64. The highest BCUT2D eigenvalue weighted by Crippen LogP contribution is 2.27. The molecule has 0 radical (unpaired) electrons. The summed E-state index contributed by atoms with van der Waals surface area (Å²) in [6.07, 6.45) is 0.838. The summed E-state index contributed by atoms with van der Waals surface area (Å²) in [4.78, 5) is 18.3. The van der Waals surface area contributed by atoms with Crippen LogP contribution in [-0.4, -0.2) is 50.2 Å². The van der Waals surface area contributed by atoms with E-state index in [1.54, 1.807) is 11.3 Å². The smallest absolute Gasteiger partial charge is 0.306 e. The van der Waals surface area contributed by atoms with Gasteiger partial charge in [0.15, 0.2) is 4.96 Å². The zero-order valence-corrected chi connectivity index (χ0v) is 14.1. The Bertz CT molecular complexity index is 828. The van der Waals surface area contributed by atoms with Gasteiger partial charge >= 0.3 is 5.97 Å². The van der Waals surface area contributed by atoms with Gasteiger partial charge in [0.25, 0.3) is 0 Å².